The Balaban J connectivity index is 1.55. The predicted octanol–water partition coefficient (Wildman–Crippen LogP) is 1.55. The largest absolute Gasteiger partial charge is 0.368 e. The number of nitrogens with one attached hydrogen (secondary N) is 1. The molecule has 134 valence electrons. The summed E-state index contributed by atoms with van der Waals surface area (Å²) in [5.74, 6) is 2.82. The molecule has 0 saturated carbocycles. The Morgan fingerprint density at radius 1 is 1.20 bits per heavy atom. The molecule has 5 nitrogen and oxygen atoms in total. The van der Waals surface area contributed by atoms with E-state index in [-0.39, 0.29) is 11.9 Å². The topological polar surface area (TPSA) is 38.8 Å². The average Bonchev–Trinajstić information content (AvgIpc) is 2.64. The summed E-state index contributed by atoms with van der Waals surface area (Å²) < 4.78 is 0. The number of hydrogen-bond donors (Lipinski definition) is 1. The van der Waals surface area contributed by atoms with Crippen LogP contribution in [0.2, 0.25) is 10.0 Å². The van der Waals surface area contributed by atoms with Crippen LogP contribution in [0.5, 0.6) is 0 Å². The van der Waals surface area contributed by atoms with Gasteiger partial charge < -0.3 is 15.1 Å². The number of terminal acetylenes is 1. The molecule has 0 bridgehead atoms. The number of nitrogens with zero attached hydrogens (tertiary/aromatic N) is 3. The maximum atomic E-state index is 12.8. The van der Waals surface area contributed by atoms with Crippen molar-refractivity contribution in [3.63, 3.8) is 0 Å². The van der Waals surface area contributed by atoms with Crippen LogP contribution < -0.4 is 10.2 Å². The van der Waals surface area contributed by atoms with Crippen molar-refractivity contribution in [3.8, 4) is 12.3 Å². The molecule has 2 heterocycles. The van der Waals surface area contributed by atoms with Crippen LogP contribution >= 0.6 is 23.2 Å². The minimum atomic E-state index is -0.168. The van der Waals surface area contributed by atoms with Crippen LogP contribution in [0, 0.1) is 12.3 Å². The van der Waals surface area contributed by atoms with E-state index in [1.54, 1.807) is 0 Å². The highest BCUT2D eigenvalue weighted by molar-refractivity contribution is 6.42. The molecular weight excluding hydrogens is 359 g/mol. The Kier molecular flexibility index (Phi) is 6.08. The number of hydrogen-bond acceptors (Lipinski definition) is 4. The Bertz CT molecular complexity index is 668. The highest BCUT2D eigenvalue weighted by Gasteiger charge is 2.30. The van der Waals surface area contributed by atoms with Gasteiger partial charge in [-0.1, -0.05) is 29.1 Å². The Hall–Kier alpha value is -1.45. The molecule has 0 unspecified atom stereocenters. The van der Waals surface area contributed by atoms with Gasteiger partial charge in [0.05, 0.1) is 22.6 Å². The molecule has 25 heavy (non-hydrogen) atoms. The normalized spacial score (nSPS) is 21.9. The van der Waals surface area contributed by atoms with Crippen molar-refractivity contribution in [2.45, 2.75) is 6.04 Å². The monoisotopic (exact) mass is 380 g/mol. The molecule has 3 rings (SSSR count). The number of benzene rings is 1. The summed E-state index contributed by atoms with van der Waals surface area (Å²) in [6, 6.07) is 5.48. The lowest BCUT2D eigenvalue weighted by Crippen LogP contribution is -2.60. The molecule has 1 atom stereocenters. The van der Waals surface area contributed by atoms with Crippen LogP contribution in [0.25, 0.3) is 0 Å². The molecule has 7 heteroatoms. The second kappa shape index (κ2) is 8.29. The standard InChI is InChI=1S/C18H22Cl2N4O/c1-2-6-22-7-5-21-17(13-22)18(25)24-10-8-23(9-11-24)14-3-4-15(19)16(20)12-14/h1,3-4,12,17,21H,5-11,13H2/t17-/m1/s1. The van der Waals surface area contributed by atoms with Gasteiger partial charge in [0, 0.05) is 51.5 Å². The van der Waals surface area contributed by atoms with E-state index in [2.05, 4.69) is 21.0 Å². The average molecular weight is 381 g/mol. The van der Waals surface area contributed by atoms with Gasteiger partial charge in [-0.25, -0.2) is 0 Å². The van der Waals surface area contributed by atoms with Gasteiger partial charge in [0.15, 0.2) is 0 Å². The van der Waals surface area contributed by atoms with Crippen molar-refractivity contribution in [1.29, 1.82) is 0 Å². The highest BCUT2D eigenvalue weighted by Crippen LogP contribution is 2.27. The van der Waals surface area contributed by atoms with Gasteiger partial charge in [-0.3, -0.25) is 9.69 Å². The first kappa shape index (κ1) is 18.3. The van der Waals surface area contributed by atoms with E-state index < -0.39 is 0 Å². The second-order valence-electron chi connectivity index (χ2n) is 6.36. The first-order valence-electron chi connectivity index (χ1n) is 8.46. The molecule has 1 aromatic carbocycles. The van der Waals surface area contributed by atoms with Gasteiger partial charge in [0.2, 0.25) is 5.91 Å². The van der Waals surface area contributed by atoms with Gasteiger partial charge in [-0.05, 0) is 18.2 Å². The van der Waals surface area contributed by atoms with Crippen molar-refractivity contribution in [1.82, 2.24) is 15.1 Å². The van der Waals surface area contributed by atoms with Gasteiger partial charge in [0.1, 0.15) is 0 Å². The fraction of sp³-hybridized carbons (Fsp3) is 0.500. The van der Waals surface area contributed by atoms with Crippen LogP contribution in [-0.2, 0) is 4.79 Å². The Labute approximate surface area is 158 Å². The minimum absolute atomic E-state index is 0.163. The first-order chi connectivity index (χ1) is 12.1. The fourth-order valence-corrected chi connectivity index (χ4v) is 3.63. The number of halogens is 2. The molecule has 0 aromatic heterocycles. The maximum Gasteiger partial charge on any atom is 0.241 e. The molecule has 2 saturated heterocycles. The van der Waals surface area contributed by atoms with E-state index in [1.165, 1.54) is 0 Å². The van der Waals surface area contributed by atoms with E-state index in [0.717, 1.165) is 31.9 Å². The SMILES string of the molecule is C#CCN1CCN[C@@H](C(=O)N2CCN(c3ccc(Cl)c(Cl)c3)CC2)C1. The molecule has 0 spiro atoms. The third-order valence-corrected chi connectivity index (χ3v) is 5.47. The van der Waals surface area contributed by atoms with Crippen molar-refractivity contribution < 1.29 is 4.79 Å². The van der Waals surface area contributed by atoms with E-state index in [4.69, 9.17) is 29.6 Å². The summed E-state index contributed by atoms with van der Waals surface area (Å²) in [5.41, 5.74) is 1.04. The van der Waals surface area contributed by atoms with E-state index >= 15 is 0 Å². The maximum absolute atomic E-state index is 12.8. The number of anilines is 1. The smallest absolute Gasteiger partial charge is 0.241 e. The van der Waals surface area contributed by atoms with Gasteiger partial charge in [-0.2, -0.15) is 0 Å². The number of amides is 1. The number of rotatable bonds is 3. The fourth-order valence-electron chi connectivity index (χ4n) is 3.34. The lowest BCUT2D eigenvalue weighted by Gasteiger charge is -2.39. The number of carbonyl (C=O) groups excluding carboxylic acids is 1. The molecule has 2 aliphatic heterocycles. The van der Waals surface area contributed by atoms with Gasteiger partial charge >= 0.3 is 0 Å². The molecule has 1 amide bonds. The van der Waals surface area contributed by atoms with Crippen LogP contribution in [0.1, 0.15) is 0 Å². The Morgan fingerprint density at radius 2 is 1.96 bits per heavy atom. The Morgan fingerprint density at radius 3 is 2.64 bits per heavy atom. The third-order valence-electron chi connectivity index (χ3n) is 4.73. The van der Waals surface area contributed by atoms with Crippen LogP contribution in [0.3, 0.4) is 0 Å². The highest BCUT2D eigenvalue weighted by atomic mass is 35.5. The van der Waals surface area contributed by atoms with Gasteiger partial charge in [0.25, 0.3) is 0 Å². The zero-order chi connectivity index (χ0) is 17.8. The summed E-state index contributed by atoms with van der Waals surface area (Å²) >= 11 is 12.1. The zero-order valence-corrected chi connectivity index (χ0v) is 15.6. The zero-order valence-electron chi connectivity index (χ0n) is 14.0. The number of carbonyl (C=O) groups is 1. The molecule has 1 N–H and O–H groups in total. The molecule has 0 aliphatic carbocycles. The second-order valence-corrected chi connectivity index (χ2v) is 7.17. The summed E-state index contributed by atoms with van der Waals surface area (Å²) in [6.45, 7) is 5.92. The van der Waals surface area contributed by atoms with Crippen molar-refractivity contribution in [3.05, 3.63) is 28.2 Å². The summed E-state index contributed by atoms with van der Waals surface area (Å²) in [4.78, 5) is 19.1. The van der Waals surface area contributed by atoms with Crippen LogP contribution in [0.4, 0.5) is 5.69 Å². The molecule has 2 fully saturated rings. The first-order valence-corrected chi connectivity index (χ1v) is 9.22. The van der Waals surface area contributed by atoms with Crippen molar-refractivity contribution in [2.75, 3.05) is 57.3 Å². The number of piperazine rings is 2. The molecule has 0 radical (unpaired) electrons. The quantitative estimate of drug-likeness (QED) is 0.807. The minimum Gasteiger partial charge on any atom is -0.368 e. The van der Waals surface area contributed by atoms with Crippen molar-refractivity contribution in [2.24, 2.45) is 0 Å². The summed E-state index contributed by atoms with van der Waals surface area (Å²) in [7, 11) is 0. The van der Waals surface area contributed by atoms with Gasteiger partial charge in [-0.15, -0.1) is 6.42 Å². The van der Waals surface area contributed by atoms with E-state index in [1.807, 2.05) is 23.1 Å². The molecular formula is C18H22Cl2N4O. The summed E-state index contributed by atoms with van der Waals surface area (Å²) in [6.07, 6.45) is 5.38. The van der Waals surface area contributed by atoms with Crippen molar-refractivity contribution >= 4 is 34.8 Å². The van der Waals surface area contributed by atoms with E-state index in [0.29, 0.717) is 36.2 Å². The summed E-state index contributed by atoms with van der Waals surface area (Å²) in [5, 5.41) is 4.42. The predicted molar refractivity (Wildman–Crippen MR) is 102 cm³/mol. The molecule has 2 aliphatic rings. The van der Waals surface area contributed by atoms with Crippen LogP contribution in [-0.4, -0.2) is 74.1 Å². The van der Waals surface area contributed by atoms with E-state index in [9.17, 15) is 4.79 Å². The molecule has 1 aromatic rings. The lowest BCUT2D eigenvalue weighted by molar-refractivity contribution is -0.134. The lowest BCUT2D eigenvalue weighted by atomic mass is 10.1. The van der Waals surface area contributed by atoms with Crippen LogP contribution in [0.15, 0.2) is 18.2 Å². The third kappa shape index (κ3) is 4.39.